The molecule has 260 valence electrons. The third-order valence-electron chi connectivity index (χ3n) is 9.29. The molecule has 4 heterocycles. The van der Waals surface area contributed by atoms with E-state index in [1.165, 1.54) is 35.0 Å². The van der Waals surface area contributed by atoms with Crippen molar-refractivity contribution in [1.82, 2.24) is 28.8 Å². The number of pyridine rings is 1. The summed E-state index contributed by atoms with van der Waals surface area (Å²) in [5.41, 5.74) is 5.95. The number of anilines is 1. The number of imidazole rings is 1. The van der Waals surface area contributed by atoms with E-state index in [9.17, 15) is 28.4 Å². The molecule has 0 unspecified atom stereocenters. The zero-order valence-electron chi connectivity index (χ0n) is 28.1. The molecule has 50 heavy (non-hydrogen) atoms. The average molecular weight is 685 g/mol. The number of hydrogen-bond donors (Lipinski definition) is 1. The van der Waals surface area contributed by atoms with Crippen molar-refractivity contribution in [3.63, 3.8) is 0 Å². The number of likely N-dealkylation sites (tertiary alicyclic amines) is 1. The van der Waals surface area contributed by atoms with E-state index in [1.54, 1.807) is 46.4 Å². The number of likely N-dealkylation sites (N-methyl/N-ethyl adjacent to an activating group) is 1. The molecule has 4 aromatic rings. The van der Waals surface area contributed by atoms with Crippen molar-refractivity contribution < 1.29 is 23.1 Å². The number of hydrogen-bond acceptors (Lipinski definition) is 8. The average Bonchev–Trinajstić information content (AvgIpc) is 3.41. The van der Waals surface area contributed by atoms with Crippen LogP contribution in [0, 0.1) is 28.4 Å². The van der Waals surface area contributed by atoms with Crippen molar-refractivity contribution in [3.05, 3.63) is 88.5 Å². The number of ether oxygens (including phenoxy) is 1. The van der Waals surface area contributed by atoms with E-state index in [2.05, 4.69) is 9.88 Å². The third-order valence-corrected chi connectivity index (χ3v) is 9.29. The van der Waals surface area contributed by atoms with Gasteiger partial charge in [-0.3, -0.25) is 18.7 Å². The van der Waals surface area contributed by atoms with Crippen LogP contribution in [0.5, 0.6) is 11.5 Å². The molecule has 2 aromatic heterocycles. The molecule has 1 atom stereocenters. The standard InChI is InChI=1S/C36H38F2N8O4/c1-36(2,34(48)43-18-16-42(3)17-19-43)20-23(21-39)33(47)44-15-5-6-25(22-44)45-29-13-14-41-32(40)30(29)46(35(45)49)24-9-11-26(12-10-24)50-31-27(37)7-4-8-28(31)38/h4,7-14,20,25H,5-6,15-19,22H2,1-3H3,(H2,40,41)/b23-20-/t25-/m1/s1. The number of nitrogen functional groups attached to an aromatic ring is 1. The van der Waals surface area contributed by atoms with Gasteiger partial charge in [0.15, 0.2) is 17.4 Å². The van der Waals surface area contributed by atoms with Gasteiger partial charge in [-0.2, -0.15) is 5.26 Å². The molecule has 0 radical (unpaired) electrons. The Hall–Kier alpha value is -5.55. The van der Waals surface area contributed by atoms with Crippen LogP contribution in [0.2, 0.25) is 0 Å². The lowest BCUT2D eigenvalue weighted by molar-refractivity contribution is -0.139. The first kappa shape index (κ1) is 34.3. The van der Waals surface area contributed by atoms with Gasteiger partial charge in [0.25, 0.3) is 5.91 Å². The number of carbonyl (C=O) groups excluding carboxylic acids is 2. The topological polar surface area (TPSA) is 143 Å². The van der Waals surface area contributed by atoms with Crippen molar-refractivity contribution in [2.75, 3.05) is 52.0 Å². The summed E-state index contributed by atoms with van der Waals surface area (Å²) >= 11 is 0. The smallest absolute Gasteiger partial charge is 0.334 e. The lowest BCUT2D eigenvalue weighted by Crippen LogP contribution is -2.50. The Morgan fingerprint density at radius 2 is 1.70 bits per heavy atom. The minimum absolute atomic E-state index is 0.109. The van der Waals surface area contributed by atoms with Gasteiger partial charge in [0.1, 0.15) is 28.7 Å². The second-order valence-electron chi connectivity index (χ2n) is 13.2. The number of piperazine rings is 1. The van der Waals surface area contributed by atoms with Gasteiger partial charge < -0.3 is 25.2 Å². The third kappa shape index (κ3) is 6.56. The predicted octanol–water partition coefficient (Wildman–Crippen LogP) is 4.25. The number of piperidine rings is 1. The summed E-state index contributed by atoms with van der Waals surface area (Å²) in [6, 6.07) is 12.7. The highest BCUT2D eigenvalue weighted by atomic mass is 19.1. The Bertz CT molecular complexity index is 2050. The number of halogens is 2. The number of rotatable bonds is 7. The van der Waals surface area contributed by atoms with Crippen molar-refractivity contribution >= 4 is 28.7 Å². The van der Waals surface area contributed by atoms with Gasteiger partial charge in [0, 0.05) is 45.5 Å². The van der Waals surface area contributed by atoms with Gasteiger partial charge in [0.05, 0.1) is 22.7 Å². The number of para-hydroxylation sites is 1. The van der Waals surface area contributed by atoms with Crippen LogP contribution in [0.3, 0.4) is 0 Å². The molecule has 0 spiro atoms. The fourth-order valence-corrected chi connectivity index (χ4v) is 6.64. The first-order valence-electron chi connectivity index (χ1n) is 16.4. The largest absolute Gasteiger partial charge is 0.451 e. The van der Waals surface area contributed by atoms with Gasteiger partial charge in [-0.05, 0) is 82.3 Å². The summed E-state index contributed by atoms with van der Waals surface area (Å²) in [5.74, 6) is -2.64. The first-order valence-corrected chi connectivity index (χ1v) is 16.4. The maximum Gasteiger partial charge on any atom is 0.334 e. The van der Waals surface area contributed by atoms with Crippen LogP contribution in [0.15, 0.2) is 71.2 Å². The van der Waals surface area contributed by atoms with Gasteiger partial charge in [-0.1, -0.05) is 6.07 Å². The summed E-state index contributed by atoms with van der Waals surface area (Å²) in [7, 11) is 2.00. The van der Waals surface area contributed by atoms with Crippen LogP contribution in [0.25, 0.3) is 16.7 Å². The fourth-order valence-electron chi connectivity index (χ4n) is 6.64. The quantitative estimate of drug-likeness (QED) is 0.225. The van der Waals surface area contributed by atoms with Crippen LogP contribution in [-0.4, -0.2) is 86.9 Å². The zero-order chi connectivity index (χ0) is 35.7. The van der Waals surface area contributed by atoms with E-state index in [0.29, 0.717) is 49.2 Å². The molecule has 0 aliphatic carbocycles. The highest BCUT2D eigenvalue weighted by molar-refractivity contribution is 5.99. The SMILES string of the molecule is CN1CCN(C(=O)C(C)(C)/C=C(/C#N)C(=O)N2CCC[C@@H](n3c(=O)n(-c4ccc(Oc5c(F)cccc5F)cc4)c4c(N)nccc43)C2)CC1. The second kappa shape index (κ2) is 13.8. The van der Waals surface area contributed by atoms with Gasteiger partial charge in [-0.25, -0.2) is 18.6 Å². The predicted molar refractivity (Wildman–Crippen MR) is 183 cm³/mol. The Morgan fingerprint density at radius 3 is 2.36 bits per heavy atom. The number of nitrogens with zero attached hydrogens (tertiary/aromatic N) is 7. The molecule has 14 heteroatoms. The molecule has 2 aliphatic rings. The molecule has 2 amide bonds. The lowest BCUT2D eigenvalue weighted by atomic mass is 9.88. The van der Waals surface area contributed by atoms with Crippen molar-refractivity contribution in [2.45, 2.75) is 32.7 Å². The second-order valence-corrected chi connectivity index (χ2v) is 13.2. The fraction of sp³-hybridized carbons (Fsp3) is 0.361. The van der Waals surface area contributed by atoms with Gasteiger partial charge in [-0.15, -0.1) is 0 Å². The number of amides is 2. The highest BCUT2D eigenvalue weighted by Gasteiger charge is 2.35. The highest BCUT2D eigenvalue weighted by Crippen LogP contribution is 2.32. The normalized spacial score (nSPS) is 17.5. The molecular weight excluding hydrogens is 646 g/mol. The van der Waals surface area contributed by atoms with E-state index < -0.39 is 40.4 Å². The van der Waals surface area contributed by atoms with Crippen molar-refractivity contribution in [3.8, 4) is 23.3 Å². The molecule has 2 saturated heterocycles. The van der Waals surface area contributed by atoms with Gasteiger partial charge in [0.2, 0.25) is 5.91 Å². The Morgan fingerprint density at radius 1 is 1.02 bits per heavy atom. The Balaban J connectivity index is 1.27. The van der Waals surface area contributed by atoms with Crippen LogP contribution in [0.4, 0.5) is 14.6 Å². The van der Waals surface area contributed by atoms with Crippen molar-refractivity contribution in [1.29, 1.82) is 5.26 Å². The molecule has 2 aliphatic heterocycles. The van der Waals surface area contributed by atoms with Crippen LogP contribution in [-0.2, 0) is 9.59 Å². The molecule has 0 bridgehead atoms. The number of nitrogens with two attached hydrogens (primary N) is 1. The maximum atomic E-state index is 14.2. The monoisotopic (exact) mass is 684 g/mol. The number of benzene rings is 2. The summed E-state index contributed by atoms with van der Waals surface area (Å²) in [4.78, 5) is 51.0. The Labute approximate surface area is 287 Å². The first-order chi connectivity index (χ1) is 23.9. The van der Waals surface area contributed by atoms with E-state index >= 15 is 0 Å². The molecule has 2 fully saturated rings. The maximum absolute atomic E-state index is 14.2. The van der Waals surface area contributed by atoms with Gasteiger partial charge >= 0.3 is 5.69 Å². The van der Waals surface area contributed by atoms with Crippen molar-refractivity contribution in [2.24, 2.45) is 5.41 Å². The molecule has 6 rings (SSSR count). The number of carbonyl (C=O) groups is 2. The summed E-state index contributed by atoms with van der Waals surface area (Å²) < 4.78 is 36.8. The zero-order valence-corrected chi connectivity index (χ0v) is 28.1. The number of nitriles is 1. The molecule has 0 saturated carbocycles. The molecule has 12 nitrogen and oxygen atoms in total. The number of fused-ring (bicyclic) bond motifs is 1. The molecular formula is C36H38F2N8O4. The van der Waals surface area contributed by atoms with E-state index in [0.717, 1.165) is 25.2 Å². The Kier molecular flexibility index (Phi) is 9.44. The minimum atomic E-state index is -1.08. The molecule has 2 aromatic carbocycles. The summed E-state index contributed by atoms with van der Waals surface area (Å²) in [6.07, 6.45) is 4.10. The number of aromatic nitrogens is 3. The van der Waals surface area contributed by atoms with Crippen LogP contribution >= 0.6 is 0 Å². The lowest BCUT2D eigenvalue weighted by Gasteiger charge is -2.36. The van der Waals surface area contributed by atoms with Crippen LogP contribution < -0.4 is 16.2 Å². The van der Waals surface area contributed by atoms with E-state index in [-0.39, 0.29) is 29.6 Å². The van der Waals surface area contributed by atoms with E-state index in [4.69, 9.17) is 10.5 Å². The van der Waals surface area contributed by atoms with E-state index in [1.807, 2.05) is 13.1 Å². The summed E-state index contributed by atoms with van der Waals surface area (Å²) in [6.45, 7) is 6.59. The van der Waals surface area contributed by atoms with Crippen LogP contribution in [0.1, 0.15) is 32.7 Å². The molecule has 2 N–H and O–H groups in total. The summed E-state index contributed by atoms with van der Waals surface area (Å²) in [5, 5.41) is 10.1. The minimum Gasteiger partial charge on any atom is -0.451 e.